The topological polar surface area (TPSA) is 63.8 Å². The molecule has 0 amide bonds. The first-order valence-electron chi connectivity index (χ1n) is 4.06. The Morgan fingerprint density at radius 3 is 2.92 bits per heavy atom. The summed E-state index contributed by atoms with van der Waals surface area (Å²) in [6.45, 7) is 4.21. The average molecular weight is 166 g/mol. The molecule has 1 aromatic heterocycles. The van der Waals surface area contributed by atoms with Gasteiger partial charge in [-0.15, -0.1) is 0 Å². The molecule has 12 heavy (non-hydrogen) atoms. The number of nitrogens with two attached hydrogens (primary N) is 1. The van der Waals surface area contributed by atoms with Gasteiger partial charge < -0.3 is 11.1 Å². The van der Waals surface area contributed by atoms with E-state index < -0.39 is 0 Å². The first-order chi connectivity index (χ1) is 5.72. The molecule has 0 aromatic carbocycles. The van der Waals surface area contributed by atoms with Crippen molar-refractivity contribution in [1.82, 2.24) is 9.97 Å². The second-order valence-corrected chi connectivity index (χ2v) is 2.78. The van der Waals surface area contributed by atoms with Crippen molar-refractivity contribution in [2.24, 2.45) is 0 Å². The molecule has 0 unspecified atom stereocenters. The van der Waals surface area contributed by atoms with Crippen LogP contribution in [-0.2, 0) is 0 Å². The largest absolute Gasteiger partial charge is 0.384 e. The Bertz CT molecular complexity index is 249. The van der Waals surface area contributed by atoms with Crippen molar-refractivity contribution < 1.29 is 0 Å². The summed E-state index contributed by atoms with van der Waals surface area (Å²) in [6.07, 6.45) is 2.52. The van der Waals surface area contributed by atoms with Crippen LogP contribution in [0.2, 0.25) is 0 Å². The molecule has 0 aliphatic heterocycles. The van der Waals surface area contributed by atoms with Gasteiger partial charge in [-0.25, -0.2) is 9.97 Å². The van der Waals surface area contributed by atoms with Crippen molar-refractivity contribution in [3.8, 4) is 0 Å². The molecule has 4 heteroatoms. The van der Waals surface area contributed by atoms with Gasteiger partial charge in [0.15, 0.2) is 0 Å². The minimum atomic E-state index is 0.416. The Hall–Kier alpha value is -1.32. The van der Waals surface area contributed by atoms with Gasteiger partial charge in [-0.1, -0.05) is 6.92 Å². The third-order valence-electron chi connectivity index (χ3n) is 1.69. The summed E-state index contributed by atoms with van der Waals surface area (Å²) in [6, 6.07) is 2.14. The quantitative estimate of drug-likeness (QED) is 0.709. The van der Waals surface area contributed by atoms with Gasteiger partial charge in [-0.2, -0.15) is 0 Å². The van der Waals surface area contributed by atoms with E-state index >= 15 is 0 Å². The molecule has 66 valence electrons. The van der Waals surface area contributed by atoms with E-state index in [9.17, 15) is 0 Å². The van der Waals surface area contributed by atoms with Crippen LogP contribution in [0.15, 0.2) is 12.4 Å². The Kier molecular flexibility index (Phi) is 2.85. The number of nitrogen functional groups attached to an aromatic ring is 1. The highest BCUT2D eigenvalue weighted by Crippen LogP contribution is 2.07. The van der Waals surface area contributed by atoms with E-state index in [-0.39, 0.29) is 0 Å². The molecule has 1 heterocycles. The van der Waals surface area contributed by atoms with Crippen LogP contribution in [0.3, 0.4) is 0 Å². The molecule has 0 saturated carbocycles. The normalized spacial score (nSPS) is 12.5. The van der Waals surface area contributed by atoms with Crippen LogP contribution in [0.5, 0.6) is 0 Å². The maximum Gasteiger partial charge on any atom is 0.131 e. The predicted octanol–water partition coefficient (Wildman–Crippen LogP) is 1.27. The molecule has 0 aliphatic carbocycles. The molecule has 0 spiro atoms. The third-order valence-corrected chi connectivity index (χ3v) is 1.69. The molecule has 0 saturated heterocycles. The maximum absolute atomic E-state index is 5.48. The average Bonchev–Trinajstić information content (AvgIpc) is 2.04. The van der Waals surface area contributed by atoms with E-state index in [4.69, 9.17) is 5.73 Å². The maximum atomic E-state index is 5.48. The highest BCUT2D eigenvalue weighted by atomic mass is 15.0. The molecular weight excluding hydrogens is 152 g/mol. The van der Waals surface area contributed by atoms with Crippen molar-refractivity contribution in [1.29, 1.82) is 0 Å². The van der Waals surface area contributed by atoms with Crippen molar-refractivity contribution >= 4 is 11.6 Å². The highest BCUT2D eigenvalue weighted by Gasteiger charge is 1.99. The second-order valence-electron chi connectivity index (χ2n) is 2.78. The van der Waals surface area contributed by atoms with Crippen LogP contribution in [0, 0.1) is 0 Å². The Morgan fingerprint density at radius 1 is 1.58 bits per heavy atom. The molecule has 4 nitrogen and oxygen atoms in total. The highest BCUT2D eigenvalue weighted by molar-refractivity contribution is 5.43. The minimum absolute atomic E-state index is 0.416. The molecular formula is C8H14N4. The van der Waals surface area contributed by atoms with E-state index in [2.05, 4.69) is 29.1 Å². The summed E-state index contributed by atoms with van der Waals surface area (Å²) in [5.74, 6) is 1.28. The Morgan fingerprint density at radius 2 is 2.33 bits per heavy atom. The summed E-state index contributed by atoms with van der Waals surface area (Å²) in [5.41, 5.74) is 5.48. The molecule has 3 N–H and O–H groups in total. The summed E-state index contributed by atoms with van der Waals surface area (Å²) >= 11 is 0. The second kappa shape index (κ2) is 3.90. The SMILES string of the molecule is CC[C@@H](C)Nc1cc(N)ncn1. The van der Waals surface area contributed by atoms with Crippen molar-refractivity contribution in [2.45, 2.75) is 26.3 Å². The van der Waals surface area contributed by atoms with E-state index in [0.29, 0.717) is 11.9 Å². The summed E-state index contributed by atoms with van der Waals surface area (Å²) in [4.78, 5) is 7.82. The van der Waals surface area contributed by atoms with Gasteiger partial charge in [0.2, 0.25) is 0 Å². The van der Waals surface area contributed by atoms with Crippen LogP contribution in [0.1, 0.15) is 20.3 Å². The van der Waals surface area contributed by atoms with Gasteiger partial charge in [0.1, 0.15) is 18.0 Å². The lowest BCUT2D eigenvalue weighted by molar-refractivity contribution is 0.758. The predicted molar refractivity (Wildman–Crippen MR) is 49.8 cm³/mol. The number of nitrogens with one attached hydrogen (secondary N) is 1. The standard InChI is InChI=1S/C8H14N4/c1-3-6(2)12-8-4-7(9)10-5-11-8/h4-6H,3H2,1-2H3,(H3,9,10,11,12)/t6-/m1/s1. The van der Waals surface area contributed by atoms with Crippen molar-refractivity contribution in [3.63, 3.8) is 0 Å². The lowest BCUT2D eigenvalue weighted by atomic mass is 10.2. The monoisotopic (exact) mass is 166 g/mol. The molecule has 1 rings (SSSR count). The number of hydrogen-bond acceptors (Lipinski definition) is 4. The van der Waals surface area contributed by atoms with Gasteiger partial charge >= 0.3 is 0 Å². The van der Waals surface area contributed by atoms with Crippen LogP contribution in [0.4, 0.5) is 11.6 Å². The van der Waals surface area contributed by atoms with Crippen LogP contribution < -0.4 is 11.1 Å². The van der Waals surface area contributed by atoms with Gasteiger partial charge in [-0.05, 0) is 13.3 Å². The van der Waals surface area contributed by atoms with E-state index in [0.717, 1.165) is 12.2 Å². The summed E-state index contributed by atoms with van der Waals surface area (Å²) < 4.78 is 0. The summed E-state index contributed by atoms with van der Waals surface area (Å²) in [7, 11) is 0. The number of anilines is 2. The lowest BCUT2D eigenvalue weighted by Crippen LogP contribution is -2.14. The zero-order valence-corrected chi connectivity index (χ0v) is 7.41. The van der Waals surface area contributed by atoms with Crippen LogP contribution >= 0.6 is 0 Å². The number of hydrogen-bond donors (Lipinski definition) is 2. The van der Waals surface area contributed by atoms with Gasteiger partial charge in [0.25, 0.3) is 0 Å². The lowest BCUT2D eigenvalue weighted by Gasteiger charge is -2.11. The fourth-order valence-corrected chi connectivity index (χ4v) is 0.806. The summed E-state index contributed by atoms with van der Waals surface area (Å²) in [5, 5.41) is 3.20. The van der Waals surface area contributed by atoms with E-state index in [1.54, 1.807) is 6.07 Å². The first-order valence-corrected chi connectivity index (χ1v) is 4.06. The van der Waals surface area contributed by atoms with Crippen LogP contribution in [-0.4, -0.2) is 16.0 Å². The molecule has 0 bridgehead atoms. The fraction of sp³-hybridized carbons (Fsp3) is 0.500. The molecule has 1 aromatic rings. The Balaban J connectivity index is 2.63. The smallest absolute Gasteiger partial charge is 0.131 e. The molecule has 0 aliphatic rings. The van der Waals surface area contributed by atoms with Crippen LogP contribution in [0.25, 0.3) is 0 Å². The van der Waals surface area contributed by atoms with Gasteiger partial charge in [-0.3, -0.25) is 0 Å². The number of aromatic nitrogens is 2. The van der Waals surface area contributed by atoms with Gasteiger partial charge in [0, 0.05) is 12.1 Å². The third kappa shape index (κ3) is 2.38. The fourth-order valence-electron chi connectivity index (χ4n) is 0.806. The Labute approximate surface area is 72.2 Å². The first kappa shape index (κ1) is 8.77. The molecule has 0 fully saturated rings. The van der Waals surface area contributed by atoms with E-state index in [1.165, 1.54) is 6.33 Å². The van der Waals surface area contributed by atoms with Crippen molar-refractivity contribution in [3.05, 3.63) is 12.4 Å². The van der Waals surface area contributed by atoms with Gasteiger partial charge in [0.05, 0.1) is 0 Å². The zero-order valence-electron chi connectivity index (χ0n) is 7.41. The molecule has 0 radical (unpaired) electrons. The zero-order chi connectivity index (χ0) is 8.97. The number of rotatable bonds is 3. The number of nitrogens with zero attached hydrogens (tertiary/aromatic N) is 2. The molecule has 1 atom stereocenters. The minimum Gasteiger partial charge on any atom is -0.384 e. The van der Waals surface area contributed by atoms with E-state index in [1.807, 2.05) is 0 Å². The van der Waals surface area contributed by atoms with Crippen molar-refractivity contribution in [2.75, 3.05) is 11.1 Å².